The highest BCUT2D eigenvalue weighted by Gasteiger charge is 2.20. The van der Waals surface area contributed by atoms with Gasteiger partial charge in [-0.3, -0.25) is 4.98 Å². The van der Waals surface area contributed by atoms with Gasteiger partial charge in [0.15, 0.2) is 0 Å². The third-order valence-corrected chi connectivity index (χ3v) is 2.92. The van der Waals surface area contributed by atoms with Crippen LogP contribution in [0, 0.1) is 25.7 Å². The van der Waals surface area contributed by atoms with Gasteiger partial charge < -0.3 is 0 Å². The molecule has 0 amide bonds. The van der Waals surface area contributed by atoms with Gasteiger partial charge in [0.2, 0.25) is 17.9 Å². The Kier molecular flexibility index (Phi) is 2.99. The summed E-state index contributed by atoms with van der Waals surface area (Å²) in [6.07, 6.45) is 1.77. The van der Waals surface area contributed by atoms with E-state index < -0.39 is 0 Å². The average Bonchev–Trinajstić information content (AvgIpc) is 2.57. The normalized spacial score (nSPS) is 10.5. The molecule has 0 bridgehead atoms. The van der Waals surface area contributed by atoms with E-state index in [9.17, 15) is 4.91 Å². The van der Waals surface area contributed by atoms with Crippen LogP contribution in [0.1, 0.15) is 22.6 Å². The standard InChI is InChI=1S/C12H14N4O/c1-8-5-4-6-13-11(8)7-16-10(3)12(15-17)9(2)14-16/h4-6H,7H2,1-3H3/p+1. The van der Waals surface area contributed by atoms with Crippen molar-refractivity contribution in [2.75, 3.05) is 0 Å². The predicted molar refractivity (Wildman–Crippen MR) is 64.0 cm³/mol. The number of aromatic amines is 1. The molecule has 2 aromatic heterocycles. The van der Waals surface area contributed by atoms with Gasteiger partial charge in [-0.05, 0) is 30.7 Å². The summed E-state index contributed by atoms with van der Waals surface area (Å²) in [6.45, 7) is 6.35. The lowest BCUT2D eigenvalue weighted by Gasteiger charge is -1.99. The van der Waals surface area contributed by atoms with Crippen molar-refractivity contribution in [3.63, 3.8) is 0 Å². The van der Waals surface area contributed by atoms with E-state index in [1.165, 1.54) is 0 Å². The van der Waals surface area contributed by atoms with Crippen molar-refractivity contribution in [2.24, 2.45) is 5.18 Å². The molecule has 0 unspecified atom stereocenters. The number of aryl methyl sites for hydroxylation is 2. The second kappa shape index (κ2) is 4.45. The summed E-state index contributed by atoms with van der Waals surface area (Å²) >= 11 is 0. The second-order valence-corrected chi connectivity index (χ2v) is 4.12. The molecule has 0 aliphatic heterocycles. The van der Waals surface area contributed by atoms with E-state index in [1.807, 2.05) is 37.6 Å². The van der Waals surface area contributed by atoms with Gasteiger partial charge in [-0.15, -0.1) is 9.59 Å². The van der Waals surface area contributed by atoms with Crippen LogP contribution < -0.4 is 4.68 Å². The van der Waals surface area contributed by atoms with Crippen molar-refractivity contribution in [1.82, 2.24) is 10.1 Å². The SMILES string of the molecule is Cc1cccnc1C[n+]1[nH]c(C)c(N=O)c1C. The molecule has 0 atom stereocenters. The Balaban J connectivity index is 2.37. The number of rotatable bonds is 3. The van der Waals surface area contributed by atoms with Crippen LogP contribution in [-0.4, -0.2) is 10.1 Å². The Morgan fingerprint density at radius 2 is 2.18 bits per heavy atom. The van der Waals surface area contributed by atoms with Crippen molar-refractivity contribution < 1.29 is 4.68 Å². The highest BCUT2D eigenvalue weighted by atomic mass is 16.3. The molecule has 0 radical (unpaired) electrons. The molecule has 0 aromatic carbocycles. The van der Waals surface area contributed by atoms with Gasteiger partial charge in [-0.1, -0.05) is 6.07 Å². The first-order valence-corrected chi connectivity index (χ1v) is 5.46. The molecule has 0 saturated heterocycles. The molecule has 5 nitrogen and oxygen atoms in total. The summed E-state index contributed by atoms with van der Waals surface area (Å²) in [7, 11) is 0. The maximum atomic E-state index is 10.7. The summed E-state index contributed by atoms with van der Waals surface area (Å²) in [6, 6.07) is 3.93. The number of H-pyrrole nitrogens is 1. The van der Waals surface area contributed by atoms with Crippen molar-refractivity contribution in [2.45, 2.75) is 27.3 Å². The van der Waals surface area contributed by atoms with Crippen LogP contribution in [0.5, 0.6) is 0 Å². The first-order valence-electron chi connectivity index (χ1n) is 5.46. The third kappa shape index (κ3) is 2.08. The van der Waals surface area contributed by atoms with Crippen LogP contribution in [0.3, 0.4) is 0 Å². The minimum absolute atomic E-state index is 0.485. The smallest absolute Gasteiger partial charge is 0.234 e. The largest absolute Gasteiger partial charge is 0.254 e. The molecule has 0 aliphatic rings. The fraction of sp³-hybridized carbons (Fsp3) is 0.333. The maximum absolute atomic E-state index is 10.7. The first kappa shape index (κ1) is 11.4. The molecule has 0 fully saturated rings. The highest BCUT2D eigenvalue weighted by Crippen LogP contribution is 2.18. The van der Waals surface area contributed by atoms with Crippen LogP contribution in [-0.2, 0) is 6.54 Å². The molecule has 17 heavy (non-hydrogen) atoms. The average molecular weight is 231 g/mol. The van der Waals surface area contributed by atoms with Crippen LogP contribution in [0.15, 0.2) is 23.5 Å². The third-order valence-electron chi connectivity index (χ3n) is 2.92. The Hall–Kier alpha value is -2.04. The Bertz CT molecular complexity index is 560. The number of hydrogen-bond acceptors (Lipinski definition) is 3. The number of pyridine rings is 1. The van der Waals surface area contributed by atoms with Crippen LogP contribution in [0.4, 0.5) is 5.69 Å². The molecule has 0 spiro atoms. The monoisotopic (exact) mass is 231 g/mol. The minimum atomic E-state index is 0.485. The second-order valence-electron chi connectivity index (χ2n) is 4.12. The fourth-order valence-corrected chi connectivity index (χ4v) is 1.86. The molecule has 1 N–H and O–H groups in total. The maximum Gasteiger partial charge on any atom is 0.234 e. The van der Waals surface area contributed by atoms with Crippen LogP contribution >= 0.6 is 0 Å². The topological polar surface area (TPSA) is 62.0 Å². The summed E-state index contributed by atoms with van der Waals surface area (Å²) in [4.78, 5) is 15.0. The summed E-state index contributed by atoms with van der Waals surface area (Å²) in [5, 5.41) is 6.15. The van der Waals surface area contributed by atoms with Crippen LogP contribution in [0.25, 0.3) is 0 Å². The minimum Gasteiger partial charge on any atom is -0.254 e. The molecule has 2 aromatic rings. The van der Waals surface area contributed by atoms with E-state index >= 15 is 0 Å². The molecule has 0 aliphatic carbocycles. The van der Waals surface area contributed by atoms with E-state index in [2.05, 4.69) is 15.3 Å². The zero-order chi connectivity index (χ0) is 12.4. The molecule has 88 valence electrons. The molecular formula is C12H15N4O+. The van der Waals surface area contributed by atoms with E-state index in [0.29, 0.717) is 12.2 Å². The Morgan fingerprint density at radius 1 is 1.41 bits per heavy atom. The van der Waals surface area contributed by atoms with Crippen molar-refractivity contribution in [1.29, 1.82) is 0 Å². The molecule has 2 heterocycles. The summed E-state index contributed by atoms with van der Waals surface area (Å²) in [5.41, 5.74) is 4.22. The Morgan fingerprint density at radius 3 is 2.76 bits per heavy atom. The van der Waals surface area contributed by atoms with Gasteiger partial charge >= 0.3 is 0 Å². The quantitative estimate of drug-likeness (QED) is 0.649. The lowest BCUT2D eigenvalue weighted by atomic mass is 10.2. The molecular weight excluding hydrogens is 216 g/mol. The van der Waals surface area contributed by atoms with Gasteiger partial charge in [0, 0.05) is 13.1 Å². The lowest BCUT2D eigenvalue weighted by Crippen LogP contribution is -2.39. The van der Waals surface area contributed by atoms with Crippen molar-refractivity contribution >= 4 is 5.69 Å². The number of aromatic nitrogens is 3. The first-order chi connectivity index (χ1) is 8.13. The van der Waals surface area contributed by atoms with Crippen molar-refractivity contribution in [3.05, 3.63) is 45.9 Å². The zero-order valence-corrected chi connectivity index (χ0v) is 10.2. The van der Waals surface area contributed by atoms with Crippen molar-refractivity contribution in [3.8, 4) is 0 Å². The van der Waals surface area contributed by atoms with E-state index in [4.69, 9.17) is 0 Å². The van der Waals surface area contributed by atoms with Crippen LogP contribution in [0.2, 0.25) is 0 Å². The number of hydrogen-bond donors (Lipinski definition) is 1. The number of nitrogens with one attached hydrogen (secondary N) is 1. The fourth-order valence-electron chi connectivity index (χ4n) is 1.86. The molecule has 0 saturated carbocycles. The van der Waals surface area contributed by atoms with E-state index in [-0.39, 0.29) is 0 Å². The van der Waals surface area contributed by atoms with Gasteiger partial charge in [0.05, 0.1) is 0 Å². The Labute approximate surface area is 99.5 Å². The van der Waals surface area contributed by atoms with Gasteiger partial charge in [0.1, 0.15) is 11.4 Å². The zero-order valence-electron chi connectivity index (χ0n) is 10.2. The van der Waals surface area contributed by atoms with E-state index in [0.717, 1.165) is 22.6 Å². The lowest BCUT2D eigenvalue weighted by molar-refractivity contribution is -0.748. The summed E-state index contributed by atoms with van der Waals surface area (Å²) < 4.78 is 1.89. The summed E-state index contributed by atoms with van der Waals surface area (Å²) in [5.74, 6) is 0. The molecule has 5 heteroatoms. The van der Waals surface area contributed by atoms with Gasteiger partial charge in [-0.25, -0.2) is 0 Å². The molecule has 2 rings (SSSR count). The predicted octanol–water partition coefficient (Wildman–Crippen LogP) is 2.07. The van der Waals surface area contributed by atoms with Gasteiger partial charge in [0.25, 0.3) is 0 Å². The highest BCUT2D eigenvalue weighted by molar-refractivity contribution is 5.42. The van der Waals surface area contributed by atoms with Gasteiger partial charge in [-0.2, -0.15) is 5.10 Å². The number of nitroso groups, excluding NO2 is 1. The number of nitrogens with zero attached hydrogens (tertiary/aromatic N) is 3. The van der Waals surface area contributed by atoms with E-state index in [1.54, 1.807) is 6.20 Å².